The van der Waals surface area contributed by atoms with Gasteiger partial charge in [-0.2, -0.15) is 0 Å². The Bertz CT molecular complexity index is 426. The lowest BCUT2D eigenvalue weighted by Crippen LogP contribution is -2.31. The van der Waals surface area contributed by atoms with Gasteiger partial charge in [0.15, 0.2) is 0 Å². The molecule has 22 heavy (non-hydrogen) atoms. The van der Waals surface area contributed by atoms with E-state index in [9.17, 15) is 4.79 Å². The number of amides is 1. The highest BCUT2D eigenvalue weighted by Crippen LogP contribution is 2.23. The average molecular weight is 310 g/mol. The van der Waals surface area contributed by atoms with E-state index in [1.165, 1.54) is 0 Å². The number of carbonyl (C=O) groups is 1. The molecule has 2 N–H and O–H groups in total. The summed E-state index contributed by atoms with van der Waals surface area (Å²) >= 11 is 0. The van der Waals surface area contributed by atoms with Crippen LogP contribution in [0, 0.1) is 0 Å². The molecule has 0 heterocycles. The highest BCUT2D eigenvalue weighted by Gasteiger charge is 2.05. The van der Waals surface area contributed by atoms with Crippen LogP contribution in [0.3, 0.4) is 0 Å². The van der Waals surface area contributed by atoms with Crippen molar-refractivity contribution >= 4 is 11.6 Å². The Kier molecular flexibility index (Phi) is 9.81. The third-order valence-electron chi connectivity index (χ3n) is 2.86. The molecule has 1 aromatic rings. The van der Waals surface area contributed by atoms with E-state index in [0.29, 0.717) is 33.0 Å². The molecule has 0 fully saturated rings. The van der Waals surface area contributed by atoms with Crippen LogP contribution in [-0.2, 0) is 14.3 Å². The first kappa shape index (κ1) is 18.3. The Morgan fingerprint density at radius 3 is 2.77 bits per heavy atom. The molecule has 0 atom stereocenters. The van der Waals surface area contributed by atoms with Crippen LogP contribution >= 0.6 is 0 Å². The highest BCUT2D eigenvalue weighted by molar-refractivity contribution is 5.81. The maximum absolute atomic E-state index is 11.7. The summed E-state index contributed by atoms with van der Waals surface area (Å²) in [6.45, 7) is 5.11. The number of methoxy groups -OCH3 is 1. The van der Waals surface area contributed by atoms with Crippen LogP contribution in [-0.4, -0.2) is 52.5 Å². The fourth-order valence-electron chi connectivity index (χ4n) is 1.78. The molecule has 0 aliphatic carbocycles. The van der Waals surface area contributed by atoms with Gasteiger partial charge in [-0.25, -0.2) is 0 Å². The van der Waals surface area contributed by atoms with E-state index in [4.69, 9.17) is 14.2 Å². The first-order valence-corrected chi connectivity index (χ1v) is 7.57. The van der Waals surface area contributed by atoms with E-state index in [2.05, 4.69) is 10.6 Å². The molecule has 0 aliphatic rings. The molecule has 0 bridgehead atoms. The standard InChI is InChI=1S/C16H26N2O4/c1-3-21-11-12-22-15-8-5-4-7-14(15)18-13-16(19)17-9-6-10-20-2/h4-5,7-8,18H,3,6,9-13H2,1-2H3,(H,17,19). The normalized spacial score (nSPS) is 10.3. The van der Waals surface area contributed by atoms with E-state index < -0.39 is 0 Å². The zero-order valence-corrected chi connectivity index (χ0v) is 13.4. The summed E-state index contributed by atoms with van der Waals surface area (Å²) in [6.07, 6.45) is 0.805. The van der Waals surface area contributed by atoms with Crippen molar-refractivity contribution in [3.05, 3.63) is 24.3 Å². The predicted octanol–water partition coefficient (Wildman–Crippen LogP) is 1.67. The molecular formula is C16H26N2O4. The van der Waals surface area contributed by atoms with Crippen molar-refractivity contribution in [1.29, 1.82) is 0 Å². The molecule has 6 heteroatoms. The molecule has 1 rings (SSSR count). The van der Waals surface area contributed by atoms with Gasteiger partial charge >= 0.3 is 0 Å². The molecule has 0 unspecified atom stereocenters. The SMILES string of the molecule is CCOCCOc1ccccc1NCC(=O)NCCCOC. The van der Waals surface area contributed by atoms with E-state index >= 15 is 0 Å². The summed E-state index contributed by atoms with van der Waals surface area (Å²) in [5.74, 6) is 0.662. The summed E-state index contributed by atoms with van der Waals surface area (Å²) in [4.78, 5) is 11.7. The van der Waals surface area contributed by atoms with E-state index in [0.717, 1.165) is 17.9 Å². The molecule has 124 valence electrons. The summed E-state index contributed by atoms with van der Waals surface area (Å²) in [7, 11) is 1.64. The number of hydrogen-bond donors (Lipinski definition) is 2. The van der Waals surface area contributed by atoms with Gasteiger partial charge in [-0.1, -0.05) is 12.1 Å². The number of para-hydroxylation sites is 2. The number of ether oxygens (including phenoxy) is 3. The minimum Gasteiger partial charge on any atom is -0.489 e. The second-order valence-electron chi connectivity index (χ2n) is 4.59. The molecule has 0 aliphatic heterocycles. The Balaban J connectivity index is 2.33. The highest BCUT2D eigenvalue weighted by atomic mass is 16.5. The van der Waals surface area contributed by atoms with Crippen LogP contribution in [0.5, 0.6) is 5.75 Å². The van der Waals surface area contributed by atoms with Crippen molar-refractivity contribution in [2.24, 2.45) is 0 Å². The quantitative estimate of drug-likeness (QED) is 0.575. The summed E-state index contributed by atoms with van der Waals surface area (Å²) < 4.78 is 15.8. The van der Waals surface area contributed by atoms with Gasteiger partial charge in [0.2, 0.25) is 5.91 Å². The van der Waals surface area contributed by atoms with Gasteiger partial charge in [-0.3, -0.25) is 4.79 Å². The minimum atomic E-state index is -0.0553. The number of anilines is 1. The summed E-state index contributed by atoms with van der Waals surface area (Å²) in [5.41, 5.74) is 0.797. The average Bonchev–Trinajstić information content (AvgIpc) is 2.54. The molecule has 1 aromatic carbocycles. The van der Waals surface area contributed by atoms with E-state index in [1.54, 1.807) is 7.11 Å². The number of nitrogens with one attached hydrogen (secondary N) is 2. The van der Waals surface area contributed by atoms with Gasteiger partial charge in [0, 0.05) is 26.9 Å². The fraction of sp³-hybridized carbons (Fsp3) is 0.562. The van der Waals surface area contributed by atoms with Crippen molar-refractivity contribution in [3.8, 4) is 5.75 Å². The third kappa shape index (κ3) is 7.85. The second kappa shape index (κ2) is 11.8. The van der Waals surface area contributed by atoms with Crippen LogP contribution in [0.2, 0.25) is 0 Å². The van der Waals surface area contributed by atoms with Gasteiger partial charge in [-0.05, 0) is 25.5 Å². The van der Waals surface area contributed by atoms with Crippen LogP contribution in [0.15, 0.2) is 24.3 Å². The smallest absolute Gasteiger partial charge is 0.239 e. The van der Waals surface area contributed by atoms with Gasteiger partial charge in [0.1, 0.15) is 12.4 Å². The van der Waals surface area contributed by atoms with Crippen LogP contribution in [0.25, 0.3) is 0 Å². The monoisotopic (exact) mass is 310 g/mol. The van der Waals surface area contributed by atoms with Crippen molar-refractivity contribution in [3.63, 3.8) is 0 Å². The maximum Gasteiger partial charge on any atom is 0.239 e. The zero-order chi connectivity index (χ0) is 16.0. The lowest BCUT2D eigenvalue weighted by molar-refractivity contribution is -0.119. The van der Waals surface area contributed by atoms with Crippen molar-refractivity contribution in [1.82, 2.24) is 5.32 Å². The van der Waals surface area contributed by atoms with E-state index in [-0.39, 0.29) is 12.5 Å². The van der Waals surface area contributed by atoms with Crippen molar-refractivity contribution < 1.29 is 19.0 Å². The number of hydrogen-bond acceptors (Lipinski definition) is 5. The van der Waals surface area contributed by atoms with Gasteiger partial charge in [0.25, 0.3) is 0 Å². The van der Waals surface area contributed by atoms with Crippen molar-refractivity contribution in [2.45, 2.75) is 13.3 Å². The number of benzene rings is 1. The van der Waals surface area contributed by atoms with Gasteiger partial charge in [0.05, 0.1) is 18.8 Å². The topological polar surface area (TPSA) is 68.8 Å². The molecule has 0 radical (unpaired) electrons. The predicted molar refractivity (Wildman–Crippen MR) is 86.4 cm³/mol. The minimum absolute atomic E-state index is 0.0553. The Morgan fingerprint density at radius 2 is 2.00 bits per heavy atom. The largest absolute Gasteiger partial charge is 0.489 e. The lowest BCUT2D eigenvalue weighted by atomic mass is 10.3. The molecule has 0 saturated heterocycles. The maximum atomic E-state index is 11.7. The number of rotatable bonds is 12. The molecular weight excluding hydrogens is 284 g/mol. The first-order valence-electron chi connectivity index (χ1n) is 7.57. The van der Waals surface area contributed by atoms with Crippen LogP contribution < -0.4 is 15.4 Å². The Morgan fingerprint density at radius 1 is 1.18 bits per heavy atom. The molecule has 0 aromatic heterocycles. The summed E-state index contributed by atoms with van der Waals surface area (Å²) in [6, 6.07) is 7.54. The second-order valence-corrected chi connectivity index (χ2v) is 4.59. The third-order valence-corrected chi connectivity index (χ3v) is 2.86. The van der Waals surface area contributed by atoms with Crippen LogP contribution in [0.4, 0.5) is 5.69 Å². The van der Waals surface area contributed by atoms with Crippen molar-refractivity contribution in [2.75, 3.05) is 51.9 Å². The first-order chi connectivity index (χ1) is 10.8. The van der Waals surface area contributed by atoms with E-state index in [1.807, 2.05) is 31.2 Å². The Labute approximate surface area is 132 Å². The van der Waals surface area contributed by atoms with Crippen LogP contribution in [0.1, 0.15) is 13.3 Å². The molecule has 0 spiro atoms. The molecule has 0 saturated carbocycles. The fourth-order valence-corrected chi connectivity index (χ4v) is 1.78. The molecule has 1 amide bonds. The summed E-state index contributed by atoms with van der Waals surface area (Å²) in [5, 5.41) is 5.91. The zero-order valence-electron chi connectivity index (χ0n) is 13.4. The number of carbonyl (C=O) groups excluding carboxylic acids is 1. The van der Waals surface area contributed by atoms with Gasteiger partial charge < -0.3 is 24.8 Å². The van der Waals surface area contributed by atoms with Gasteiger partial charge in [-0.15, -0.1) is 0 Å². The lowest BCUT2D eigenvalue weighted by Gasteiger charge is -2.13. The molecule has 6 nitrogen and oxygen atoms in total. The Hall–Kier alpha value is -1.79.